The Hall–Kier alpha value is -2.70. The maximum atomic E-state index is 11.1. The quantitative estimate of drug-likeness (QED) is 0.344. The Kier molecular flexibility index (Phi) is 8.57. The lowest BCUT2D eigenvalue weighted by atomic mass is 9.74. The number of para-hydroxylation sites is 1. The minimum Gasteiger partial charge on any atom is -0.388 e. The largest absolute Gasteiger partial charge is 0.388 e. The molecule has 2 aromatic carbocycles. The molecule has 0 saturated heterocycles. The number of nitrogens with one attached hydrogen (secondary N) is 2. The molecule has 3 atom stereocenters. The number of rotatable bonds is 9. The van der Waals surface area contributed by atoms with Crippen LogP contribution in [0.15, 0.2) is 54.6 Å². The van der Waals surface area contributed by atoms with E-state index in [-0.39, 0.29) is 6.10 Å². The third kappa shape index (κ3) is 6.42. The summed E-state index contributed by atoms with van der Waals surface area (Å²) in [5.41, 5.74) is 2.05. The number of fused-ring (bicyclic) bond motifs is 1. The molecule has 2 aliphatic rings. The summed E-state index contributed by atoms with van der Waals surface area (Å²) in [4.78, 5) is 11.7. The fourth-order valence-corrected chi connectivity index (χ4v) is 6.43. The van der Waals surface area contributed by atoms with E-state index in [2.05, 4.69) is 39.8 Å². The topological polar surface area (TPSA) is 73.3 Å². The van der Waals surface area contributed by atoms with Crippen molar-refractivity contribution >= 4 is 22.7 Å². The molecule has 1 heterocycles. The minimum absolute atomic E-state index is 0.347. The van der Waals surface area contributed by atoms with Gasteiger partial charge in [0.2, 0.25) is 5.95 Å². The first-order valence-corrected chi connectivity index (χ1v) is 14.2. The molecule has 3 N–H and O–H groups in total. The molecule has 0 spiro atoms. The van der Waals surface area contributed by atoms with Gasteiger partial charge in [-0.3, -0.25) is 0 Å². The molecule has 5 rings (SSSR count). The van der Waals surface area contributed by atoms with Crippen LogP contribution in [-0.2, 0) is 0 Å². The highest BCUT2D eigenvalue weighted by Gasteiger charge is 2.31. The second-order valence-corrected chi connectivity index (χ2v) is 11.4. The monoisotopic (exact) mass is 501 g/mol. The Bertz CT molecular complexity index is 1130. The van der Waals surface area contributed by atoms with Crippen LogP contribution in [0.3, 0.4) is 0 Å². The molecule has 0 bridgehead atoms. The second kappa shape index (κ2) is 12.2. The summed E-state index contributed by atoms with van der Waals surface area (Å²) in [6.07, 6.45) is 9.27. The number of aliphatic hydroxyl groups is 1. The van der Waals surface area contributed by atoms with Crippen LogP contribution < -0.4 is 15.5 Å². The van der Waals surface area contributed by atoms with Gasteiger partial charge in [0.05, 0.1) is 11.6 Å². The van der Waals surface area contributed by atoms with E-state index in [0.29, 0.717) is 23.8 Å². The second-order valence-electron chi connectivity index (χ2n) is 11.4. The SMILES string of the molecule is CN(C)c1nc(N[C@H]2CC[C@@H](CNC[C@@H]3CCCC[C@H]3C(O)c3ccccc3)CC2)nc2ccccc12. The van der Waals surface area contributed by atoms with Crippen molar-refractivity contribution in [3.63, 3.8) is 0 Å². The summed E-state index contributed by atoms with van der Waals surface area (Å²) < 4.78 is 0. The number of anilines is 2. The molecule has 1 aromatic heterocycles. The maximum absolute atomic E-state index is 11.1. The third-order valence-corrected chi connectivity index (χ3v) is 8.54. The van der Waals surface area contributed by atoms with Crippen molar-refractivity contribution in [2.45, 2.75) is 63.5 Å². The lowest BCUT2D eigenvalue weighted by Gasteiger charge is -2.36. The van der Waals surface area contributed by atoms with Crippen LogP contribution in [-0.4, -0.2) is 48.3 Å². The Labute approximate surface area is 221 Å². The van der Waals surface area contributed by atoms with Crippen molar-refractivity contribution in [2.75, 3.05) is 37.4 Å². The molecule has 0 radical (unpaired) electrons. The van der Waals surface area contributed by atoms with Crippen molar-refractivity contribution in [1.82, 2.24) is 15.3 Å². The van der Waals surface area contributed by atoms with Crippen molar-refractivity contribution in [3.8, 4) is 0 Å². The van der Waals surface area contributed by atoms with Gasteiger partial charge in [0, 0.05) is 25.5 Å². The Morgan fingerprint density at radius 1 is 0.865 bits per heavy atom. The van der Waals surface area contributed by atoms with Gasteiger partial charge in [-0.2, -0.15) is 4.98 Å². The van der Waals surface area contributed by atoms with Gasteiger partial charge in [-0.1, -0.05) is 55.3 Å². The van der Waals surface area contributed by atoms with E-state index in [1.165, 1.54) is 32.1 Å². The molecule has 3 aromatic rings. The van der Waals surface area contributed by atoms with Crippen LogP contribution >= 0.6 is 0 Å². The molecule has 2 fully saturated rings. The maximum Gasteiger partial charge on any atom is 0.225 e. The van der Waals surface area contributed by atoms with Gasteiger partial charge in [0.1, 0.15) is 5.82 Å². The van der Waals surface area contributed by atoms with Gasteiger partial charge < -0.3 is 20.6 Å². The third-order valence-electron chi connectivity index (χ3n) is 8.54. The van der Waals surface area contributed by atoms with E-state index in [9.17, 15) is 5.11 Å². The van der Waals surface area contributed by atoms with E-state index < -0.39 is 0 Å². The number of aliphatic hydroxyl groups excluding tert-OH is 1. The van der Waals surface area contributed by atoms with E-state index >= 15 is 0 Å². The molecule has 1 unspecified atom stereocenters. The zero-order valence-electron chi connectivity index (χ0n) is 22.4. The Morgan fingerprint density at radius 2 is 1.59 bits per heavy atom. The zero-order valence-corrected chi connectivity index (χ0v) is 22.4. The van der Waals surface area contributed by atoms with Crippen molar-refractivity contribution in [3.05, 3.63) is 60.2 Å². The van der Waals surface area contributed by atoms with Gasteiger partial charge in [-0.05, 0) is 87.1 Å². The van der Waals surface area contributed by atoms with Gasteiger partial charge in [-0.15, -0.1) is 0 Å². The van der Waals surface area contributed by atoms with Gasteiger partial charge >= 0.3 is 0 Å². The summed E-state index contributed by atoms with van der Waals surface area (Å²) >= 11 is 0. The first-order valence-electron chi connectivity index (χ1n) is 14.2. The van der Waals surface area contributed by atoms with E-state index in [1.54, 1.807) is 0 Å². The molecular weight excluding hydrogens is 458 g/mol. The normalized spacial score (nSPS) is 25.1. The van der Waals surface area contributed by atoms with Crippen molar-refractivity contribution in [2.24, 2.45) is 17.8 Å². The smallest absolute Gasteiger partial charge is 0.225 e. The Morgan fingerprint density at radius 3 is 2.38 bits per heavy atom. The molecule has 198 valence electrons. The first-order chi connectivity index (χ1) is 18.1. The standard InChI is InChI=1S/C31H43N5O/c1-36(2)30-27-14-8-9-15-28(27)34-31(35-30)33-25-18-16-22(17-19-25)20-32-21-24-12-6-7-13-26(24)29(37)23-10-4-3-5-11-23/h3-5,8-11,14-15,22,24-26,29,32,37H,6-7,12-13,16-21H2,1-2H3,(H,33,34,35)/t22-,24-,25+,26+,29?/m0/s1. The molecule has 2 aliphatic carbocycles. The number of nitrogens with zero attached hydrogens (tertiary/aromatic N) is 3. The molecule has 0 aliphatic heterocycles. The fourth-order valence-electron chi connectivity index (χ4n) is 6.43. The van der Waals surface area contributed by atoms with E-state index in [0.717, 1.165) is 60.6 Å². The van der Waals surface area contributed by atoms with Crippen molar-refractivity contribution in [1.29, 1.82) is 0 Å². The number of benzene rings is 2. The highest BCUT2D eigenvalue weighted by molar-refractivity contribution is 5.90. The van der Waals surface area contributed by atoms with Gasteiger partial charge in [0.25, 0.3) is 0 Å². The number of aromatic nitrogens is 2. The zero-order chi connectivity index (χ0) is 25.6. The summed E-state index contributed by atoms with van der Waals surface area (Å²) in [6, 6.07) is 18.9. The molecular formula is C31H43N5O. The molecule has 0 amide bonds. The van der Waals surface area contributed by atoms with Crippen LogP contribution in [0.1, 0.15) is 63.0 Å². The molecule has 6 nitrogen and oxygen atoms in total. The highest BCUT2D eigenvalue weighted by Crippen LogP contribution is 2.38. The highest BCUT2D eigenvalue weighted by atomic mass is 16.3. The summed E-state index contributed by atoms with van der Waals surface area (Å²) in [5.74, 6) is 3.33. The lowest BCUT2D eigenvalue weighted by Crippen LogP contribution is -2.37. The summed E-state index contributed by atoms with van der Waals surface area (Å²) in [7, 11) is 4.07. The average molecular weight is 502 g/mol. The van der Waals surface area contributed by atoms with Gasteiger partial charge in [-0.25, -0.2) is 4.98 Å². The van der Waals surface area contributed by atoms with E-state index in [1.807, 2.05) is 44.4 Å². The van der Waals surface area contributed by atoms with Gasteiger partial charge in [0.15, 0.2) is 0 Å². The predicted molar refractivity (Wildman–Crippen MR) is 153 cm³/mol. The molecule has 37 heavy (non-hydrogen) atoms. The molecule has 2 saturated carbocycles. The van der Waals surface area contributed by atoms with Crippen LogP contribution in [0.2, 0.25) is 0 Å². The Balaban J connectivity index is 1.10. The minimum atomic E-state index is -0.347. The number of hydrogen-bond donors (Lipinski definition) is 3. The predicted octanol–water partition coefficient (Wildman–Crippen LogP) is 5.80. The lowest BCUT2D eigenvalue weighted by molar-refractivity contribution is 0.0460. The first kappa shape index (κ1) is 25.9. The average Bonchev–Trinajstić information content (AvgIpc) is 2.94. The van der Waals surface area contributed by atoms with Crippen LogP contribution in [0.5, 0.6) is 0 Å². The van der Waals surface area contributed by atoms with Crippen LogP contribution in [0.25, 0.3) is 10.9 Å². The van der Waals surface area contributed by atoms with Crippen LogP contribution in [0, 0.1) is 17.8 Å². The van der Waals surface area contributed by atoms with Crippen molar-refractivity contribution < 1.29 is 5.11 Å². The molecule has 6 heteroatoms. The summed E-state index contributed by atoms with van der Waals surface area (Å²) in [5, 5.41) is 19.6. The van der Waals surface area contributed by atoms with E-state index in [4.69, 9.17) is 9.97 Å². The number of hydrogen-bond acceptors (Lipinski definition) is 6. The van der Waals surface area contributed by atoms with Crippen LogP contribution in [0.4, 0.5) is 11.8 Å². The fraction of sp³-hybridized carbons (Fsp3) is 0.548. The summed E-state index contributed by atoms with van der Waals surface area (Å²) in [6.45, 7) is 2.10.